The zero-order chi connectivity index (χ0) is 18.6. The summed E-state index contributed by atoms with van der Waals surface area (Å²) in [5.41, 5.74) is 1.47. The lowest BCUT2D eigenvalue weighted by molar-refractivity contribution is -0.0772. The molecule has 146 valence electrons. The first-order valence-corrected chi connectivity index (χ1v) is 10.7. The quantitative estimate of drug-likeness (QED) is 0.646. The third-order valence-electron chi connectivity index (χ3n) is 5.07. The summed E-state index contributed by atoms with van der Waals surface area (Å²) >= 11 is 1.90. The summed E-state index contributed by atoms with van der Waals surface area (Å²) in [7, 11) is 1.89. The van der Waals surface area contributed by atoms with Crippen LogP contribution in [0.4, 0.5) is 0 Å². The van der Waals surface area contributed by atoms with Gasteiger partial charge in [-0.2, -0.15) is 0 Å². The Morgan fingerprint density at radius 3 is 2.77 bits per heavy atom. The molecule has 0 bridgehead atoms. The van der Waals surface area contributed by atoms with Gasteiger partial charge in [-0.25, -0.2) is 0 Å². The van der Waals surface area contributed by atoms with Crippen LogP contribution < -0.4 is 5.32 Å². The van der Waals surface area contributed by atoms with Gasteiger partial charge in [-0.1, -0.05) is 0 Å². The first-order chi connectivity index (χ1) is 12.4. The van der Waals surface area contributed by atoms with Gasteiger partial charge < -0.3 is 15.0 Å². The number of nitrogens with zero attached hydrogens (tertiary/aromatic N) is 3. The lowest BCUT2D eigenvalue weighted by Crippen LogP contribution is -2.49. The van der Waals surface area contributed by atoms with Crippen molar-refractivity contribution in [1.29, 1.82) is 0 Å². The molecule has 26 heavy (non-hydrogen) atoms. The van der Waals surface area contributed by atoms with Crippen molar-refractivity contribution in [3.63, 3.8) is 0 Å². The highest BCUT2D eigenvalue weighted by Crippen LogP contribution is 2.23. The number of aliphatic imine (C=N–C) groups is 1. The van der Waals surface area contributed by atoms with E-state index in [1.165, 1.54) is 18.5 Å². The SMILES string of the molecule is CN=C(NCCN1CCc2sccc2C1)N1CCC(OC(C)(C)C)CC1. The monoisotopic (exact) mass is 378 g/mol. The van der Waals surface area contributed by atoms with E-state index in [1.54, 1.807) is 4.88 Å². The smallest absolute Gasteiger partial charge is 0.193 e. The minimum atomic E-state index is -0.0521. The van der Waals surface area contributed by atoms with Crippen molar-refractivity contribution in [1.82, 2.24) is 15.1 Å². The molecule has 0 aliphatic carbocycles. The second-order valence-corrected chi connectivity index (χ2v) is 9.29. The molecule has 3 heterocycles. The summed E-state index contributed by atoms with van der Waals surface area (Å²) in [6, 6.07) is 2.28. The van der Waals surface area contributed by atoms with Gasteiger partial charge in [0.15, 0.2) is 5.96 Å². The molecule has 5 nitrogen and oxygen atoms in total. The largest absolute Gasteiger partial charge is 0.372 e. The fraction of sp³-hybridized carbons (Fsp3) is 0.750. The molecule has 0 aromatic carbocycles. The van der Waals surface area contributed by atoms with Crippen LogP contribution in [0.2, 0.25) is 0 Å². The third-order valence-corrected chi connectivity index (χ3v) is 6.09. The van der Waals surface area contributed by atoms with Gasteiger partial charge in [0, 0.05) is 51.2 Å². The predicted octanol–water partition coefficient (Wildman–Crippen LogP) is 2.96. The number of piperidine rings is 1. The number of guanidine groups is 1. The molecule has 0 spiro atoms. The van der Waals surface area contributed by atoms with E-state index in [-0.39, 0.29) is 5.60 Å². The number of likely N-dealkylation sites (tertiary alicyclic amines) is 1. The van der Waals surface area contributed by atoms with Gasteiger partial charge in [0.2, 0.25) is 0 Å². The van der Waals surface area contributed by atoms with Gasteiger partial charge in [0.05, 0.1) is 11.7 Å². The molecule has 0 saturated carbocycles. The molecule has 0 amide bonds. The lowest BCUT2D eigenvalue weighted by atomic mass is 10.1. The van der Waals surface area contributed by atoms with Crippen LogP contribution in [0, 0.1) is 0 Å². The summed E-state index contributed by atoms with van der Waals surface area (Å²) in [4.78, 5) is 11.0. The van der Waals surface area contributed by atoms with Crippen molar-refractivity contribution >= 4 is 17.3 Å². The molecule has 2 aliphatic rings. The van der Waals surface area contributed by atoms with Crippen molar-refractivity contribution in [2.75, 3.05) is 39.8 Å². The molecule has 1 fully saturated rings. The molecule has 0 atom stereocenters. The molecule has 1 aromatic rings. The van der Waals surface area contributed by atoms with E-state index in [0.29, 0.717) is 6.10 Å². The molecule has 0 unspecified atom stereocenters. The maximum atomic E-state index is 6.13. The zero-order valence-corrected chi connectivity index (χ0v) is 17.6. The Balaban J connectivity index is 1.39. The second kappa shape index (κ2) is 8.72. The van der Waals surface area contributed by atoms with Crippen molar-refractivity contribution in [2.45, 2.75) is 58.3 Å². The highest BCUT2D eigenvalue weighted by molar-refractivity contribution is 7.10. The minimum absolute atomic E-state index is 0.0521. The maximum Gasteiger partial charge on any atom is 0.193 e. The second-order valence-electron chi connectivity index (χ2n) is 8.29. The summed E-state index contributed by atoms with van der Waals surface area (Å²) < 4.78 is 6.13. The molecule has 2 aliphatic heterocycles. The Kier molecular flexibility index (Phi) is 6.59. The van der Waals surface area contributed by atoms with Crippen molar-refractivity contribution in [3.8, 4) is 0 Å². The van der Waals surface area contributed by atoms with Crippen LogP contribution in [0.25, 0.3) is 0 Å². The summed E-state index contributed by atoms with van der Waals surface area (Å²) in [6.07, 6.45) is 3.72. The molecule has 3 rings (SSSR count). The molecule has 1 aromatic heterocycles. The number of ether oxygens (including phenoxy) is 1. The van der Waals surface area contributed by atoms with Crippen molar-refractivity contribution < 1.29 is 4.74 Å². The average Bonchev–Trinajstić information content (AvgIpc) is 3.06. The van der Waals surface area contributed by atoms with E-state index in [2.05, 4.69) is 52.3 Å². The molecule has 6 heteroatoms. The fourth-order valence-corrected chi connectivity index (χ4v) is 4.73. The number of hydrogen-bond donors (Lipinski definition) is 1. The Hall–Kier alpha value is -1.11. The van der Waals surface area contributed by atoms with E-state index < -0.39 is 0 Å². The standard InChI is InChI=1S/C20H34N4OS/c1-20(2,3)25-17-5-11-24(12-6-17)19(21-4)22-9-13-23-10-7-18-16(15-23)8-14-26-18/h8,14,17H,5-7,9-13,15H2,1-4H3,(H,21,22). The first-order valence-electron chi connectivity index (χ1n) is 9.85. The van der Waals surface area contributed by atoms with Gasteiger partial charge >= 0.3 is 0 Å². The minimum Gasteiger partial charge on any atom is -0.372 e. The molecule has 1 N–H and O–H groups in total. The van der Waals surface area contributed by atoms with Gasteiger partial charge in [-0.3, -0.25) is 9.89 Å². The van der Waals surface area contributed by atoms with Crippen LogP contribution in [0.15, 0.2) is 16.4 Å². The van der Waals surface area contributed by atoms with Crippen LogP contribution in [-0.2, 0) is 17.7 Å². The summed E-state index contributed by atoms with van der Waals surface area (Å²) in [5, 5.41) is 5.79. The van der Waals surface area contributed by atoms with Crippen LogP contribution in [-0.4, -0.2) is 67.2 Å². The van der Waals surface area contributed by atoms with Crippen molar-refractivity contribution in [2.24, 2.45) is 4.99 Å². The normalized spacial score (nSPS) is 20.3. The van der Waals surface area contributed by atoms with Gasteiger partial charge in [-0.15, -0.1) is 11.3 Å². The predicted molar refractivity (Wildman–Crippen MR) is 110 cm³/mol. The number of thiophene rings is 1. The van der Waals surface area contributed by atoms with Gasteiger partial charge in [0.1, 0.15) is 0 Å². The summed E-state index contributed by atoms with van der Waals surface area (Å²) in [5.74, 6) is 1.03. The van der Waals surface area contributed by atoms with E-state index in [0.717, 1.165) is 51.5 Å². The zero-order valence-electron chi connectivity index (χ0n) is 16.8. The van der Waals surface area contributed by atoms with E-state index in [9.17, 15) is 0 Å². The van der Waals surface area contributed by atoms with E-state index in [4.69, 9.17) is 4.74 Å². The number of nitrogens with one attached hydrogen (secondary N) is 1. The fourth-order valence-electron chi connectivity index (χ4n) is 3.84. The van der Waals surface area contributed by atoms with Crippen molar-refractivity contribution in [3.05, 3.63) is 21.9 Å². The third kappa shape index (κ3) is 5.44. The van der Waals surface area contributed by atoms with Crippen LogP contribution in [0.5, 0.6) is 0 Å². The molecular formula is C20H34N4OS. The van der Waals surface area contributed by atoms with Crippen LogP contribution in [0.3, 0.4) is 0 Å². The number of rotatable bonds is 4. The molecule has 1 saturated heterocycles. The van der Waals surface area contributed by atoms with Gasteiger partial charge in [0.25, 0.3) is 0 Å². The summed E-state index contributed by atoms with van der Waals surface area (Å²) in [6.45, 7) is 12.7. The van der Waals surface area contributed by atoms with E-state index in [1.807, 2.05) is 18.4 Å². The maximum absolute atomic E-state index is 6.13. The first kappa shape index (κ1) is 19.6. The molecule has 0 radical (unpaired) electrons. The lowest BCUT2D eigenvalue weighted by Gasteiger charge is -2.37. The highest BCUT2D eigenvalue weighted by atomic mass is 32.1. The Morgan fingerprint density at radius 1 is 1.31 bits per heavy atom. The number of hydrogen-bond acceptors (Lipinski definition) is 4. The van der Waals surface area contributed by atoms with E-state index >= 15 is 0 Å². The Bertz CT molecular complexity index is 599. The highest BCUT2D eigenvalue weighted by Gasteiger charge is 2.25. The van der Waals surface area contributed by atoms with Gasteiger partial charge in [-0.05, 0) is 57.0 Å². The topological polar surface area (TPSA) is 40.1 Å². The number of fused-ring (bicyclic) bond motifs is 1. The van der Waals surface area contributed by atoms with Crippen LogP contribution in [0.1, 0.15) is 44.1 Å². The Morgan fingerprint density at radius 2 is 2.08 bits per heavy atom. The Labute approximate surface area is 162 Å². The molecular weight excluding hydrogens is 344 g/mol. The average molecular weight is 379 g/mol. The van der Waals surface area contributed by atoms with Crippen LogP contribution >= 0.6 is 11.3 Å².